The van der Waals surface area contributed by atoms with E-state index in [9.17, 15) is 9.18 Å². The van der Waals surface area contributed by atoms with Crippen LogP contribution in [0.25, 0.3) is 0 Å². The van der Waals surface area contributed by atoms with Gasteiger partial charge in [0.2, 0.25) is 0 Å². The Morgan fingerprint density at radius 2 is 2.16 bits per heavy atom. The zero-order chi connectivity index (χ0) is 14.0. The standard InChI is InChI=1S/C12H11ClFN3OS/c1-7-11(18)17(12(19-2)16-15-7)6-8-5-9(14)3-4-10(8)13/h3-5H,6H2,1-2H3. The monoisotopic (exact) mass is 299 g/mol. The van der Waals surface area contributed by atoms with Crippen LogP contribution < -0.4 is 5.56 Å². The lowest BCUT2D eigenvalue weighted by Gasteiger charge is -2.11. The Morgan fingerprint density at radius 3 is 2.84 bits per heavy atom. The molecule has 0 radical (unpaired) electrons. The highest BCUT2D eigenvalue weighted by atomic mass is 35.5. The van der Waals surface area contributed by atoms with Crippen molar-refractivity contribution in [2.45, 2.75) is 18.6 Å². The molecule has 100 valence electrons. The molecule has 19 heavy (non-hydrogen) atoms. The number of nitrogens with zero attached hydrogens (tertiary/aromatic N) is 3. The molecule has 7 heteroatoms. The Kier molecular flexibility index (Phi) is 4.21. The van der Waals surface area contributed by atoms with Crippen LogP contribution in [-0.4, -0.2) is 21.0 Å². The highest BCUT2D eigenvalue weighted by Gasteiger charge is 2.11. The Labute approximate surface area is 118 Å². The second-order valence-corrected chi connectivity index (χ2v) is 5.08. The second kappa shape index (κ2) is 5.71. The molecule has 0 N–H and O–H groups in total. The van der Waals surface area contributed by atoms with Crippen LogP contribution in [0.2, 0.25) is 5.02 Å². The third-order valence-corrected chi connectivity index (χ3v) is 3.63. The predicted octanol–water partition coefficient (Wildman–Crippen LogP) is 2.51. The molecule has 2 rings (SSSR count). The van der Waals surface area contributed by atoms with Crippen LogP contribution in [0.5, 0.6) is 0 Å². The molecule has 0 bridgehead atoms. The molecular weight excluding hydrogens is 289 g/mol. The normalized spacial score (nSPS) is 10.7. The third-order valence-electron chi connectivity index (χ3n) is 2.59. The number of hydrogen-bond donors (Lipinski definition) is 0. The molecule has 0 aliphatic heterocycles. The molecule has 0 saturated heterocycles. The largest absolute Gasteiger partial charge is 0.280 e. The van der Waals surface area contributed by atoms with E-state index in [1.165, 1.54) is 34.5 Å². The fraction of sp³-hybridized carbons (Fsp3) is 0.250. The second-order valence-electron chi connectivity index (χ2n) is 3.90. The molecule has 1 heterocycles. The van der Waals surface area contributed by atoms with Gasteiger partial charge in [-0.3, -0.25) is 9.36 Å². The minimum Gasteiger partial charge on any atom is -0.280 e. The first kappa shape index (κ1) is 14.0. The average molecular weight is 300 g/mol. The molecule has 0 aliphatic carbocycles. The fourth-order valence-electron chi connectivity index (χ4n) is 1.62. The molecule has 0 spiro atoms. The topological polar surface area (TPSA) is 47.8 Å². The number of aryl methyl sites for hydroxylation is 1. The van der Waals surface area contributed by atoms with Crippen molar-refractivity contribution in [2.24, 2.45) is 0 Å². The summed E-state index contributed by atoms with van der Waals surface area (Å²) in [6.45, 7) is 1.76. The molecule has 1 aromatic carbocycles. The number of aromatic nitrogens is 3. The summed E-state index contributed by atoms with van der Waals surface area (Å²) < 4.78 is 14.7. The summed E-state index contributed by atoms with van der Waals surface area (Å²) in [7, 11) is 0. The number of thioether (sulfide) groups is 1. The lowest BCUT2D eigenvalue weighted by atomic mass is 10.2. The van der Waals surface area contributed by atoms with E-state index < -0.39 is 5.82 Å². The SMILES string of the molecule is CSc1nnc(C)c(=O)n1Cc1cc(F)ccc1Cl. The van der Waals surface area contributed by atoms with Gasteiger partial charge in [-0.1, -0.05) is 23.4 Å². The van der Waals surface area contributed by atoms with Gasteiger partial charge in [0.05, 0.1) is 6.54 Å². The third kappa shape index (κ3) is 2.96. The van der Waals surface area contributed by atoms with Gasteiger partial charge in [0.1, 0.15) is 11.5 Å². The van der Waals surface area contributed by atoms with Gasteiger partial charge in [0.25, 0.3) is 5.56 Å². The van der Waals surface area contributed by atoms with Gasteiger partial charge in [0.15, 0.2) is 5.16 Å². The van der Waals surface area contributed by atoms with Crippen molar-refractivity contribution in [3.05, 3.63) is 50.7 Å². The first-order valence-corrected chi connectivity index (χ1v) is 7.05. The average Bonchev–Trinajstić information content (AvgIpc) is 2.39. The number of hydrogen-bond acceptors (Lipinski definition) is 4. The molecule has 0 amide bonds. The molecule has 0 unspecified atom stereocenters. The van der Waals surface area contributed by atoms with Gasteiger partial charge in [-0.15, -0.1) is 10.2 Å². The van der Waals surface area contributed by atoms with Gasteiger partial charge in [-0.05, 0) is 36.9 Å². The highest BCUT2D eigenvalue weighted by Crippen LogP contribution is 2.19. The Hall–Kier alpha value is -1.40. The van der Waals surface area contributed by atoms with Crippen LogP contribution in [0, 0.1) is 12.7 Å². The molecule has 0 aliphatic rings. The van der Waals surface area contributed by atoms with Crippen molar-refractivity contribution in [3.63, 3.8) is 0 Å². The van der Waals surface area contributed by atoms with Crippen LogP contribution in [0.3, 0.4) is 0 Å². The maximum Gasteiger partial charge on any atom is 0.276 e. The quantitative estimate of drug-likeness (QED) is 0.817. The Bertz CT molecular complexity index is 675. The molecule has 0 atom stereocenters. The van der Waals surface area contributed by atoms with Crippen LogP contribution in [0.4, 0.5) is 4.39 Å². The van der Waals surface area contributed by atoms with Crippen molar-refractivity contribution in [2.75, 3.05) is 6.26 Å². The van der Waals surface area contributed by atoms with Crippen LogP contribution >= 0.6 is 23.4 Å². The van der Waals surface area contributed by atoms with E-state index >= 15 is 0 Å². The van der Waals surface area contributed by atoms with Crippen LogP contribution in [-0.2, 0) is 6.54 Å². The summed E-state index contributed by atoms with van der Waals surface area (Å²) >= 11 is 7.31. The minimum absolute atomic E-state index is 0.169. The van der Waals surface area contributed by atoms with Gasteiger partial charge < -0.3 is 0 Å². The highest BCUT2D eigenvalue weighted by molar-refractivity contribution is 7.98. The summed E-state index contributed by atoms with van der Waals surface area (Å²) in [5.41, 5.74) is 0.580. The van der Waals surface area contributed by atoms with Gasteiger partial charge in [0, 0.05) is 5.02 Å². The van der Waals surface area contributed by atoms with E-state index in [-0.39, 0.29) is 12.1 Å². The summed E-state index contributed by atoms with van der Waals surface area (Å²) in [6.07, 6.45) is 1.79. The lowest BCUT2D eigenvalue weighted by Crippen LogP contribution is -2.27. The van der Waals surface area contributed by atoms with Crippen LogP contribution in [0.1, 0.15) is 11.3 Å². The molecule has 1 aromatic heterocycles. The van der Waals surface area contributed by atoms with Gasteiger partial charge >= 0.3 is 0 Å². The van der Waals surface area contributed by atoms with Crippen molar-refractivity contribution < 1.29 is 4.39 Å². The molecule has 0 fully saturated rings. The number of halogens is 2. The Morgan fingerprint density at radius 1 is 1.42 bits per heavy atom. The molecule has 0 saturated carbocycles. The van der Waals surface area contributed by atoms with Crippen molar-refractivity contribution in [3.8, 4) is 0 Å². The van der Waals surface area contributed by atoms with E-state index in [1.54, 1.807) is 13.2 Å². The predicted molar refractivity (Wildman–Crippen MR) is 73.3 cm³/mol. The number of benzene rings is 1. The maximum absolute atomic E-state index is 13.2. The fourth-order valence-corrected chi connectivity index (χ4v) is 2.29. The molecule has 4 nitrogen and oxygen atoms in total. The van der Waals surface area contributed by atoms with E-state index in [4.69, 9.17) is 11.6 Å². The zero-order valence-corrected chi connectivity index (χ0v) is 11.9. The minimum atomic E-state index is -0.392. The zero-order valence-electron chi connectivity index (χ0n) is 10.4. The smallest absolute Gasteiger partial charge is 0.276 e. The first-order chi connectivity index (χ1) is 9.02. The van der Waals surface area contributed by atoms with E-state index in [0.29, 0.717) is 21.4 Å². The molecular formula is C12H11ClFN3OS. The summed E-state index contributed by atoms with van der Waals surface area (Å²) in [5.74, 6) is -0.392. The lowest BCUT2D eigenvalue weighted by molar-refractivity contribution is 0.592. The summed E-state index contributed by atoms with van der Waals surface area (Å²) in [4.78, 5) is 12.1. The summed E-state index contributed by atoms with van der Waals surface area (Å²) in [6, 6.07) is 4.06. The van der Waals surface area contributed by atoms with Gasteiger partial charge in [-0.2, -0.15) is 0 Å². The number of rotatable bonds is 3. The van der Waals surface area contributed by atoms with Crippen molar-refractivity contribution >= 4 is 23.4 Å². The summed E-state index contributed by atoms with van der Waals surface area (Å²) in [5, 5.41) is 8.61. The first-order valence-electron chi connectivity index (χ1n) is 5.45. The van der Waals surface area contributed by atoms with E-state index in [1.807, 2.05) is 0 Å². The van der Waals surface area contributed by atoms with E-state index in [0.717, 1.165) is 0 Å². The molecule has 2 aromatic rings. The maximum atomic E-state index is 13.2. The van der Waals surface area contributed by atoms with E-state index in [2.05, 4.69) is 10.2 Å². The van der Waals surface area contributed by atoms with Gasteiger partial charge in [-0.25, -0.2) is 4.39 Å². The van der Waals surface area contributed by atoms with Crippen molar-refractivity contribution in [1.82, 2.24) is 14.8 Å². The Balaban J connectivity index is 2.51. The van der Waals surface area contributed by atoms with Crippen LogP contribution in [0.15, 0.2) is 28.2 Å². The van der Waals surface area contributed by atoms with Crippen molar-refractivity contribution in [1.29, 1.82) is 0 Å².